The Bertz CT molecular complexity index is 1890. The summed E-state index contributed by atoms with van der Waals surface area (Å²) in [5.41, 5.74) is -3.74. The highest BCUT2D eigenvalue weighted by Gasteiger charge is 2.55. The summed E-state index contributed by atoms with van der Waals surface area (Å²) in [6.07, 6.45) is -9.94. The number of cyclic esters (lactones) is 1. The van der Waals surface area contributed by atoms with Crippen molar-refractivity contribution in [1.82, 2.24) is 15.5 Å². The number of carbonyl (C=O) groups is 4. The predicted molar refractivity (Wildman–Crippen MR) is 261 cm³/mol. The summed E-state index contributed by atoms with van der Waals surface area (Å²) in [6.45, 7) is 18.9. The van der Waals surface area contributed by atoms with E-state index < -0.39 is 108 Å². The lowest BCUT2D eigenvalue weighted by atomic mass is 9.74. The van der Waals surface area contributed by atoms with Gasteiger partial charge in [-0.3, -0.25) is 14.4 Å². The van der Waals surface area contributed by atoms with Gasteiger partial charge in [0.15, 0.2) is 18.7 Å². The van der Waals surface area contributed by atoms with E-state index >= 15 is 0 Å². The van der Waals surface area contributed by atoms with Gasteiger partial charge in [-0.15, -0.1) is 0 Å². The van der Waals surface area contributed by atoms with Crippen molar-refractivity contribution in [3.63, 3.8) is 0 Å². The maximum Gasteiger partial charge on any atom is 0.407 e. The number of halogens is 1. The van der Waals surface area contributed by atoms with Gasteiger partial charge in [0.2, 0.25) is 5.91 Å². The van der Waals surface area contributed by atoms with Crippen molar-refractivity contribution in [1.29, 1.82) is 0 Å². The van der Waals surface area contributed by atoms with Crippen LogP contribution in [-0.4, -0.2) is 163 Å². The first-order valence-corrected chi connectivity index (χ1v) is 25.2. The maximum atomic E-state index is 14.5. The van der Waals surface area contributed by atoms with Crippen LogP contribution in [0.4, 0.5) is 4.79 Å². The fraction of sp³-hybridized carbons (Fsp3) is 0.804. The van der Waals surface area contributed by atoms with Gasteiger partial charge in [0.25, 0.3) is 0 Å². The molecule has 0 aliphatic carbocycles. The molecule has 4 rings (SSSR count). The van der Waals surface area contributed by atoms with Crippen molar-refractivity contribution < 1.29 is 72.4 Å². The Balaban J connectivity index is 1.63. The van der Waals surface area contributed by atoms with Crippen LogP contribution >= 0.6 is 11.6 Å². The molecular formula is C51H84ClN3O15. The molecule has 400 valence electrons. The van der Waals surface area contributed by atoms with E-state index in [1.807, 2.05) is 58.0 Å². The van der Waals surface area contributed by atoms with E-state index in [4.69, 9.17) is 49.5 Å². The fourth-order valence-electron chi connectivity index (χ4n) is 10.6. The number of alkyl carbamates (subject to hydrolysis) is 1. The zero-order chi connectivity index (χ0) is 52.6. The average molecular weight is 1010 g/mol. The molecule has 0 radical (unpaired) electrons. The van der Waals surface area contributed by atoms with Gasteiger partial charge in [0, 0.05) is 62.4 Å². The molecule has 19 atom stereocenters. The Hall–Kier alpha value is -3.01. The second-order valence-corrected chi connectivity index (χ2v) is 21.3. The van der Waals surface area contributed by atoms with E-state index in [0.29, 0.717) is 17.9 Å². The Kier molecular flexibility index (Phi) is 21.5. The van der Waals surface area contributed by atoms with Gasteiger partial charge in [0.1, 0.15) is 29.2 Å². The van der Waals surface area contributed by atoms with Crippen LogP contribution < -0.4 is 10.6 Å². The topological polar surface area (TPSA) is 230 Å². The van der Waals surface area contributed by atoms with Crippen molar-refractivity contribution >= 4 is 35.4 Å². The molecule has 5 N–H and O–H groups in total. The zero-order valence-electron chi connectivity index (χ0n) is 44.1. The number of aliphatic hydroxyl groups is 3. The summed E-state index contributed by atoms with van der Waals surface area (Å²) < 4.78 is 50.9. The van der Waals surface area contributed by atoms with Crippen LogP contribution in [0.5, 0.6) is 0 Å². The molecular weight excluding hydrogens is 930 g/mol. The second kappa shape index (κ2) is 25.3. The van der Waals surface area contributed by atoms with Gasteiger partial charge in [-0.2, -0.15) is 0 Å². The van der Waals surface area contributed by atoms with Gasteiger partial charge in [-0.05, 0) is 99.9 Å². The SMILES string of the molecule is CC[C@H]1OC(=O)[C@H](C)[C@@H](O[C@H]2C[C@@](C)(OC)[C@@H](OC(=O)NCCCC(=O)NC(C)c3ccccc3Cl)[C@H](C)O2)[C@H](C)[C@@H](O[C@@H]2O[C@H](C)C[C@H](N(C)C)[C@H]2O)[C@](C)(OC)C[C@@H](C)C(=O)[C@H](C)[C@@H](O)[C@]1(C)O. The standard InChI is InChI=1S/C51H84ClN3O15/c1-16-37-51(11,62)43(59)29(4)40(57)27(2)25-49(9,63-14)44(69-47-41(58)36(55(12)13)24-28(3)65-47)30(5)42(31(6)46(60)67-37)68-39-26-50(10,64-15)45(33(8)66-39)70-48(61)53-23-19-22-38(56)54-32(7)34-20-17-18-21-35(34)52/h17-18,20-21,27-33,36-37,39,41-45,47,58-59,62H,16,19,22-26H2,1-15H3,(H,53,61)(H,54,56)/t27-,28-,29+,30+,31-,32?,33+,36+,37-,39+,41-,42+,43-,44-,45+,47+,49-,50-,51-/m1/s1. The minimum atomic E-state index is -2.02. The van der Waals surface area contributed by atoms with Gasteiger partial charge in [-0.1, -0.05) is 57.5 Å². The molecule has 3 heterocycles. The fourth-order valence-corrected chi connectivity index (χ4v) is 10.9. The molecule has 0 aromatic heterocycles. The number of esters is 1. The Morgan fingerprint density at radius 1 is 0.929 bits per heavy atom. The van der Waals surface area contributed by atoms with E-state index in [9.17, 15) is 34.5 Å². The average Bonchev–Trinajstić information content (AvgIpc) is 3.30. The number of Topliss-reactive ketones (excluding diaryl/α,β-unsaturated/α-hetero) is 1. The first-order valence-electron chi connectivity index (χ1n) is 24.9. The highest BCUT2D eigenvalue weighted by molar-refractivity contribution is 6.31. The predicted octanol–water partition coefficient (Wildman–Crippen LogP) is 5.48. The highest BCUT2D eigenvalue weighted by Crippen LogP contribution is 2.42. The number of nitrogens with zero attached hydrogens (tertiary/aromatic N) is 1. The van der Waals surface area contributed by atoms with Crippen LogP contribution in [0.1, 0.15) is 126 Å². The molecule has 3 aliphatic heterocycles. The van der Waals surface area contributed by atoms with E-state index in [1.54, 1.807) is 47.6 Å². The summed E-state index contributed by atoms with van der Waals surface area (Å²) in [5, 5.41) is 41.4. The molecule has 1 aromatic carbocycles. The van der Waals surface area contributed by atoms with Gasteiger partial charge in [-0.25, -0.2) is 4.79 Å². The number of ketones is 1. The molecule has 18 nitrogen and oxygen atoms in total. The summed E-state index contributed by atoms with van der Waals surface area (Å²) in [7, 11) is 6.70. The molecule has 70 heavy (non-hydrogen) atoms. The number of ether oxygens (including phenoxy) is 8. The smallest absolute Gasteiger partial charge is 0.407 e. The Labute approximate surface area is 420 Å². The number of aliphatic hydroxyl groups excluding tert-OH is 2. The largest absolute Gasteiger partial charge is 0.459 e. The molecule has 0 spiro atoms. The summed E-state index contributed by atoms with van der Waals surface area (Å²) in [6, 6.07) is 6.64. The van der Waals surface area contributed by atoms with Crippen LogP contribution in [0, 0.1) is 23.7 Å². The maximum absolute atomic E-state index is 14.5. The number of rotatable bonds is 15. The number of hydrogen-bond acceptors (Lipinski definition) is 16. The third-order valence-corrected chi connectivity index (χ3v) is 15.4. The number of benzene rings is 1. The zero-order valence-corrected chi connectivity index (χ0v) is 44.8. The highest BCUT2D eigenvalue weighted by atomic mass is 35.5. The summed E-state index contributed by atoms with van der Waals surface area (Å²) in [5.74, 6) is -5.03. The van der Waals surface area contributed by atoms with Crippen LogP contribution in [0.25, 0.3) is 0 Å². The van der Waals surface area contributed by atoms with Crippen LogP contribution in [0.3, 0.4) is 0 Å². The number of nitrogens with one attached hydrogen (secondary N) is 2. The summed E-state index contributed by atoms with van der Waals surface area (Å²) >= 11 is 6.30. The number of carbonyl (C=O) groups excluding carboxylic acids is 4. The van der Waals surface area contributed by atoms with E-state index in [-0.39, 0.29) is 62.1 Å². The van der Waals surface area contributed by atoms with Crippen molar-refractivity contribution in [2.24, 2.45) is 23.7 Å². The first-order chi connectivity index (χ1) is 32.7. The van der Waals surface area contributed by atoms with Crippen molar-refractivity contribution in [2.75, 3.05) is 34.9 Å². The van der Waals surface area contributed by atoms with Crippen molar-refractivity contribution in [3.8, 4) is 0 Å². The third kappa shape index (κ3) is 14.2. The van der Waals surface area contributed by atoms with E-state index in [1.165, 1.54) is 28.1 Å². The monoisotopic (exact) mass is 1010 g/mol. The molecule has 3 aliphatic rings. The number of amides is 2. The van der Waals surface area contributed by atoms with Crippen molar-refractivity contribution in [3.05, 3.63) is 34.9 Å². The van der Waals surface area contributed by atoms with Crippen molar-refractivity contribution in [2.45, 2.75) is 205 Å². The number of hydrogen-bond donors (Lipinski definition) is 5. The molecule has 1 unspecified atom stereocenters. The third-order valence-electron chi connectivity index (χ3n) is 15.1. The summed E-state index contributed by atoms with van der Waals surface area (Å²) in [4.78, 5) is 56.6. The molecule has 0 bridgehead atoms. The second-order valence-electron chi connectivity index (χ2n) is 20.9. The quantitative estimate of drug-likeness (QED) is 0.108. The Morgan fingerprint density at radius 2 is 1.56 bits per heavy atom. The number of likely N-dealkylation sites (N-methyl/N-ethyl adjacent to an activating group) is 1. The molecule has 19 heteroatoms. The van der Waals surface area contributed by atoms with Crippen LogP contribution in [-0.2, 0) is 52.3 Å². The minimum Gasteiger partial charge on any atom is -0.459 e. The van der Waals surface area contributed by atoms with Crippen LogP contribution in [0.2, 0.25) is 5.02 Å². The lowest BCUT2D eigenvalue weighted by Gasteiger charge is -2.50. The molecule has 3 fully saturated rings. The lowest BCUT2D eigenvalue weighted by molar-refractivity contribution is -0.319. The van der Waals surface area contributed by atoms with E-state index in [0.717, 1.165) is 5.56 Å². The lowest BCUT2D eigenvalue weighted by Crippen LogP contribution is -2.62. The molecule has 0 saturated carbocycles. The first kappa shape index (κ1) is 59.6. The molecule has 2 amide bonds. The Morgan fingerprint density at radius 3 is 2.16 bits per heavy atom. The molecule has 3 saturated heterocycles. The molecule has 1 aromatic rings. The van der Waals surface area contributed by atoms with Crippen LogP contribution in [0.15, 0.2) is 24.3 Å². The van der Waals surface area contributed by atoms with Gasteiger partial charge < -0.3 is 68.7 Å². The number of methoxy groups -OCH3 is 2. The normalized spacial score (nSPS) is 39.6. The van der Waals surface area contributed by atoms with Gasteiger partial charge >= 0.3 is 12.1 Å². The van der Waals surface area contributed by atoms with Gasteiger partial charge in [0.05, 0.1) is 48.1 Å². The van der Waals surface area contributed by atoms with E-state index in [2.05, 4.69) is 10.6 Å². The minimum absolute atomic E-state index is 0.0159.